The molecule has 1 N–H and O–H groups in total. The maximum absolute atomic E-state index is 5.52. The number of ether oxygens (including phenoxy) is 2. The van der Waals surface area contributed by atoms with Crippen LogP contribution in [0.25, 0.3) is 22.3 Å². The predicted octanol–water partition coefficient (Wildman–Crippen LogP) is 3.82. The second-order valence-electron chi connectivity index (χ2n) is 7.72. The molecular formula is C25H29N7O2. The summed E-state index contributed by atoms with van der Waals surface area (Å²) in [6, 6.07) is 11.9. The molecule has 0 saturated carbocycles. The summed E-state index contributed by atoms with van der Waals surface area (Å²) in [6.07, 6.45) is 6.22. The zero-order valence-electron chi connectivity index (χ0n) is 20.1. The highest BCUT2D eigenvalue weighted by Crippen LogP contribution is 2.34. The number of aryl methyl sites for hydroxylation is 1. The van der Waals surface area contributed by atoms with Crippen LogP contribution in [0.2, 0.25) is 0 Å². The highest BCUT2D eigenvalue weighted by Gasteiger charge is 2.15. The highest BCUT2D eigenvalue weighted by atomic mass is 16.5. The predicted molar refractivity (Wildman–Crippen MR) is 135 cm³/mol. The van der Waals surface area contributed by atoms with E-state index in [-0.39, 0.29) is 0 Å². The Morgan fingerprint density at radius 1 is 1.03 bits per heavy atom. The van der Waals surface area contributed by atoms with Gasteiger partial charge in [0, 0.05) is 75.4 Å². The van der Waals surface area contributed by atoms with Crippen LogP contribution in [-0.4, -0.2) is 60.4 Å². The first-order valence-corrected chi connectivity index (χ1v) is 10.9. The van der Waals surface area contributed by atoms with Gasteiger partial charge in [-0.3, -0.25) is 14.7 Å². The fourth-order valence-corrected chi connectivity index (χ4v) is 3.78. The molecule has 0 aliphatic heterocycles. The van der Waals surface area contributed by atoms with E-state index in [9.17, 15) is 0 Å². The van der Waals surface area contributed by atoms with Crippen molar-refractivity contribution in [3.8, 4) is 22.8 Å². The lowest BCUT2D eigenvalue weighted by atomic mass is 10.1. The Labute approximate surface area is 199 Å². The Hall–Kier alpha value is -4.14. The average molecular weight is 460 g/mol. The maximum Gasteiger partial charge on any atom is 0.124 e. The van der Waals surface area contributed by atoms with Crippen molar-refractivity contribution in [3.63, 3.8) is 0 Å². The molecule has 0 atom stereocenters. The minimum absolute atomic E-state index is 0.686. The van der Waals surface area contributed by atoms with Gasteiger partial charge in [-0.05, 0) is 18.2 Å². The molecule has 2 aromatic heterocycles. The van der Waals surface area contributed by atoms with Crippen LogP contribution in [-0.2, 0) is 7.05 Å². The molecule has 0 aliphatic rings. The summed E-state index contributed by atoms with van der Waals surface area (Å²) in [4.78, 5) is 16.0. The smallest absolute Gasteiger partial charge is 0.124 e. The van der Waals surface area contributed by atoms with Gasteiger partial charge in [-0.1, -0.05) is 0 Å². The van der Waals surface area contributed by atoms with Crippen LogP contribution in [0.15, 0.2) is 60.0 Å². The zero-order chi connectivity index (χ0) is 24.1. The van der Waals surface area contributed by atoms with Gasteiger partial charge in [-0.2, -0.15) is 5.10 Å². The van der Waals surface area contributed by atoms with Gasteiger partial charge < -0.3 is 19.7 Å². The molecular weight excluding hydrogens is 430 g/mol. The molecule has 0 radical (unpaired) electrons. The number of rotatable bonds is 8. The van der Waals surface area contributed by atoms with Gasteiger partial charge >= 0.3 is 0 Å². The van der Waals surface area contributed by atoms with Crippen molar-refractivity contribution in [2.45, 2.75) is 6.42 Å². The van der Waals surface area contributed by atoms with E-state index in [0.717, 1.165) is 57.4 Å². The van der Waals surface area contributed by atoms with Crippen molar-refractivity contribution in [2.75, 3.05) is 39.8 Å². The van der Waals surface area contributed by atoms with Crippen molar-refractivity contribution in [2.24, 2.45) is 12.0 Å². The molecule has 0 unspecified atom stereocenters. The van der Waals surface area contributed by atoms with E-state index >= 15 is 0 Å². The molecule has 0 saturated heterocycles. The SMILES string of the molecule is CN=C(CCN(c1cc(OC)cc(OC)c1)c1ccc2ncc(-c3cnn(C)c3)nc2c1)NC. The van der Waals surface area contributed by atoms with E-state index in [0.29, 0.717) is 6.54 Å². The van der Waals surface area contributed by atoms with E-state index in [1.165, 1.54) is 0 Å². The van der Waals surface area contributed by atoms with Crippen molar-refractivity contribution >= 4 is 28.2 Å². The Morgan fingerprint density at radius 3 is 2.41 bits per heavy atom. The summed E-state index contributed by atoms with van der Waals surface area (Å²) in [5, 5.41) is 7.40. The number of nitrogens with one attached hydrogen (secondary N) is 1. The monoisotopic (exact) mass is 459 g/mol. The quantitative estimate of drug-likeness (QED) is 0.316. The molecule has 0 amide bonds. The van der Waals surface area contributed by atoms with Gasteiger partial charge in [0.25, 0.3) is 0 Å². The normalized spacial score (nSPS) is 11.5. The summed E-state index contributed by atoms with van der Waals surface area (Å²) in [5.41, 5.74) is 5.25. The summed E-state index contributed by atoms with van der Waals surface area (Å²) in [5.74, 6) is 2.35. The molecule has 0 bridgehead atoms. The first kappa shape index (κ1) is 23.0. The number of aromatic nitrogens is 4. The largest absolute Gasteiger partial charge is 0.497 e. The fourth-order valence-electron chi connectivity index (χ4n) is 3.78. The number of hydrogen-bond donors (Lipinski definition) is 1. The van der Waals surface area contributed by atoms with Crippen LogP contribution in [0, 0.1) is 0 Å². The molecule has 2 aromatic carbocycles. The molecule has 176 valence electrons. The Morgan fingerprint density at radius 2 is 1.79 bits per heavy atom. The van der Waals surface area contributed by atoms with Crippen molar-refractivity contribution in [1.82, 2.24) is 25.1 Å². The first-order chi connectivity index (χ1) is 16.5. The van der Waals surface area contributed by atoms with Gasteiger partial charge in [0.1, 0.15) is 11.5 Å². The molecule has 0 aliphatic carbocycles. The molecule has 2 heterocycles. The topological polar surface area (TPSA) is 89.7 Å². The van der Waals surface area contributed by atoms with Gasteiger partial charge in [-0.15, -0.1) is 0 Å². The maximum atomic E-state index is 5.52. The van der Waals surface area contributed by atoms with Gasteiger partial charge in [0.15, 0.2) is 0 Å². The Bertz CT molecular complexity index is 1290. The third-order valence-electron chi connectivity index (χ3n) is 5.62. The second-order valence-corrected chi connectivity index (χ2v) is 7.72. The van der Waals surface area contributed by atoms with Gasteiger partial charge in [0.05, 0.1) is 49.2 Å². The minimum atomic E-state index is 0.686. The number of benzene rings is 2. The third-order valence-corrected chi connectivity index (χ3v) is 5.62. The van der Waals surface area contributed by atoms with Gasteiger partial charge in [-0.25, -0.2) is 4.98 Å². The van der Waals surface area contributed by atoms with E-state index in [1.807, 2.05) is 44.6 Å². The van der Waals surface area contributed by atoms with Crippen LogP contribution in [0.1, 0.15) is 6.42 Å². The Kier molecular flexibility index (Phi) is 6.91. The lowest BCUT2D eigenvalue weighted by molar-refractivity contribution is 0.394. The number of amidine groups is 1. The van der Waals surface area contributed by atoms with E-state index in [2.05, 4.69) is 37.4 Å². The lowest BCUT2D eigenvalue weighted by Gasteiger charge is -2.26. The van der Waals surface area contributed by atoms with E-state index in [1.54, 1.807) is 38.3 Å². The molecule has 9 heteroatoms. The molecule has 4 aromatic rings. The van der Waals surface area contributed by atoms with Crippen molar-refractivity contribution in [1.29, 1.82) is 0 Å². The standard InChI is InChI=1S/C25H29N7O2/c1-26-25(27-2)8-9-32(19-10-20(33-4)13-21(11-19)34-5)18-6-7-22-23(12-18)30-24(15-28-22)17-14-29-31(3)16-17/h6-7,10-16H,8-9H2,1-5H3,(H,26,27). The van der Waals surface area contributed by atoms with Crippen molar-refractivity contribution < 1.29 is 9.47 Å². The third kappa shape index (κ3) is 4.93. The van der Waals surface area contributed by atoms with Crippen LogP contribution >= 0.6 is 0 Å². The number of methoxy groups -OCH3 is 2. The van der Waals surface area contributed by atoms with Crippen molar-refractivity contribution in [3.05, 3.63) is 55.0 Å². The van der Waals surface area contributed by atoms with Crippen LogP contribution in [0.3, 0.4) is 0 Å². The zero-order valence-corrected chi connectivity index (χ0v) is 20.1. The van der Waals surface area contributed by atoms with Gasteiger partial charge in [0.2, 0.25) is 0 Å². The lowest BCUT2D eigenvalue weighted by Crippen LogP contribution is -2.26. The number of nitrogens with zero attached hydrogens (tertiary/aromatic N) is 6. The summed E-state index contributed by atoms with van der Waals surface area (Å²) in [7, 11) is 8.85. The molecule has 0 fully saturated rings. The minimum Gasteiger partial charge on any atom is -0.497 e. The summed E-state index contributed by atoms with van der Waals surface area (Å²) < 4.78 is 12.8. The number of fused-ring (bicyclic) bond motifs is 1. The molecule has 34 heavy (non-hydrogen) atoms. The fraction of sp³-hybridized carbons (Fsp3) is 0.280. The number of aliphatic imine (C=N–C) groups is 1. The van der Waals surface area contributed by atoms with Crippen LogP contribution in [0.5, 0.6) is 11.5 Å². The van der Waals surface area contributed by atoms with Crippen LogP contribution < -0.4 is 19.7 Å². The summed E-state index contributed by atoms with van der Waals surface area (Å²) in [6.45, 7) is 0.686. The Balaban J connectivity index is 1.78. The summed E-state index contributed by atoms with van der Waals surface area (Å²) >= 11 is 0. The highest BCUT2D eigenvalue weighted by molar-refractivity contribution is 5.85. The number of hydrogen-bond acceptors (Lipinski definition) is 7. The molecule has 0 spiro atoms. The average Bonchev–Trinajstić information content (AvgIpc) is 3.32. The number of anilines is 2. The van der Waals surface area contributed by atoms with E-state index in [4.69, 9.17) is 14.5 Å². The van der Waals surface area contributed by atoms with Crippen LogP contribution in [0.4, 0.5) is 11.4 Å². The molecule has 9 nitrogen and oxygen atoms in total. The first-order valence-electron chi connectivity index (χ1n) is 10.9. The van der Waals surface area contributed by atoms with E-state index < -0.39 is 0 Å². The molecule has 4 rings (SSSR count). The second kappa shape index (κ2) is 10.2.